The number of halogens is 3. The van der Waals surface area contributed by atoms with E-state index in [-0.39, 0.29) is 10.6 Å². The second kappa shape index (κ2) is 3.62. The second-order valence-corrected chi connectivity index (χ2v) is 5.10. The van der Waals surface area contributed by atoms with Crippen molar-refractivity contribution in [1.82, 2.24) is 0 Å². The summed E-state index contributed by atoms with van der Waals surface area (Å²) in [7, 11) is 0. The van der Waals surface area contributed by atoms with E-state index in [1.807, 2.05) is 22.6 Å². The van der Waals surface area contributed by atoms with Gasteiger partial charge in [-0.3, -0.25) is 0 Å². The third kappa shape index (κ3) is 1.70. The Balaban J connectivity index is 2.79. The molecule has 0 saturated heterocycles. The summed E-state index contributed by atoms with van der Waals surface area (Å²) in [5.74, 6) is 0. The molecule has 0 atom stereocenters. The fourth-order valence-electron chi connectivity index (χ4n) is 1.30. The summed E-state index contributed by atoms with van der Waals surface area (Å²) in [6.45, 7) is 0. The molecule has 2 rings (SSSR count). The van der Waals surface area contributed by atoms with Gasteiger partial charge in [0.2, 0.25) is 0 Å². The number of thiophene rings is 1. The van der Waals surface area contributed by atoms with Crippen molar-refractivity contribution in [2.75, 3.05) is 0 Å². The van der Waals surface area contributed by atoms with Gasteiger partial charge in [-0.25, -0.2) is 8.78 Å². The summed E-state index contributed by atoms with van der Waals surface area (Å²) in [6.07, 6.45) is -2.50. The fourth-order valence-corrected chi connectivity index (χ4v) is 3.03. The number of hydrogen-bond acceptors (Lipinski definition) is 2. The Morgan fingerprint density at radius 1 is 1.29 bits per heavy atom. The molecule has 0 radical (unpaired) electrons. The Labute approximate surface area is 96.5 Å². The van der Waals surface area contributed by atoms with Crippen LogP contribution in [0.4, 0.5) is 8.78 Å². The predicted octanol–water partition coefficient (Wildman–Crippen LogP) is 4.15. The first-order chi connectivity index (χ1) is 6.58. The molecule has 0 aliphatic rings. The lowest BCUT2D eigenvalue weighted by atomic mass is 10.1. The maximum Gasteiger partial charge on any atom is 0.264 e. The zero-order valence-electron chi connectivity index (χ0n) is 6.80. The van der Waals surface area contributed by atoms with Crippen LogP contribution < -0.4 is 0 Å². The van der Waals surface area contributed by atoms with E-state index in [0.717, 1.165) is 14.9 Å². The zero-order valence-corrected chi connectivity index (χ0v) is 9.77. The maximum absolute atomic E-state index is 12.6. The first-order valence-corrected chi connectivity index (χ1v) is 5.67. The van der Waals surface area contributed by atoms with Crippen LogP contribution in [0.5, 0.6) is 5.06 Å². The van der Waals surface area contributed by atoms with Gasteiger partial charge in [0.25, 0.3) is 6.43 Å². The molecule has 14 heavy (non-hydrogen) atoms. The standard InChI is InChI=1S/C9H5F2IOS/c10-9(11)6-1-4(12)2-7-5(6)3-8(13)14-7/h1-3,9,13H. The molecule has 1 N–H and O–H groups in total. The minimum Gasteiger partial charge on any atom is -0.499 e. The number of rotatable bonds is 1. The van der Waals surface area contributed by atoms with Crippen molar-refractivity contribution >= 4 is 44.0 Å². The largest absolute Gasteiger partial charge is 0.499 e. The molecule has 1 nitrogen and oxygen atoms in total. The van der Waals surface area contributed by atoms with Crippen LogP contribution in [0, 0.1) is 3.57 Å². The molecule has 0 fully saturated rings. The van der Waals surface area contributed by atoms with E-state index >= 15 is 0 Å². The van der Waals surface area contributed by atoms with Crippen molar-refractivity contribution in [3.63, 3.8) is 0 Å². The van der Waals surface area contributed by atoms with E-state index in [1.54, 1.807) is 6.07 Å². The highest BCUT2D eigenvalue weighted by atomic mass is 127. The van der Waals surface area contributed by atoms with Gasteiger partial charge in [-0.1, -0.05) is 11.3 Å². The molecule has 1 heterocycles. The quantitative estimate of drug-likeness (QED) is 0.781. The second-order valence-electron chi connectivity index (χ2n) is 2.79. The highest BCUT2D eigenvalue weighted by molar-refractivity contribution is 14.1. The number of hydrogen-bond donors (Lipinski definition) is 1. The van der Waals surface area contributed by atoms with Gasteiger partial charge in [-0.2, -0.15) is 0 Å². The smallest absolute Gasteiger partial charge is 0.264 e. The van der Waals surface area contributed by atoms with Gasteiger partial charge in [0.1, 0.15) is 0 Å². The van der Waals surface area contributed by atoms with Crippen LogP contribution in [0.25, 0.3) is 10.1 Å². The van der Waals surface area contributed by atoms with Gasteiger partial charge >= 0.3 is 0 Å². The van der Waals surface area contributed by atoms with Crippen molar-refractivity contribution in [1.29, 1.82) is 0 Å². The summed E-state index contributed by atoms with van der Waals surface area (Å²) in [6, 6.07) is 4.61. The normalized spacial score (nSPS) is 11.4. The Kier molecular flexibility index (Phi) is 2.61. The minimum atomic E-state index is -2.50. The van der Waals surface area contributed by atoms with Crippen LogP contribution in [0.15, 0.2) is 18.2 Å². The third-order valence-corrected chi connectivity index (χ3v) is 3.36. The Hall–Kier alpha value is -0.430. The summed E-state index contributed by atoms with van der Waals surface area (Å²) in [4.78, 5) is 0. The molecular weight excluding hydrogens is 321 g/mol. The molecule has 0 spiro atoms. The summed E-state index contributed by atoms with van der Waals surface area (Å²) < 4.78 is 26.7. The van der Waals surface area contributed by atoms with E-state index in [9.17, 15) is 13.9 Å². The van der Waals surface area contributed by atoms with E-state index in [0.29, 0.717) is 10.1 Å². The molecule has 5 heteroatoms. The molecule has 0 aliphatic heterocycles. The highest BCUT2D eigenvalue weighted by Crippen LogP contribution is 2.37. The molecule has 2 aromatic rings. The van der Waals surface area contributed by atoms with Crippen LogP contribution in [0.1, 0.15) is 12.0 Å². The lowest BCUT2D eigenvalue weighted by molar-refractivity contribution is 0.153. The molecule has 1 aromatic carbocycles. The van der Waals surface area contributed by atoms with Crippen molar-refractivity contribution in [3.05, 3.63) is 27.3 Å². The zero-order chi connectivity index (χ0) is 10.3. The van der Waals surface area contributed by atoms with Crippen LogP contribution in [-0.2, 0) is 0 Å². The molecule has 1 aromatic heterocycles. The van der Waals surface area contributed by atoms with Crippen LogP contribution in [0.3, 0.4) is 0 Å². The summed E-state index contributed by atoms with van der Waals surface area (Å²) in [5.41, 5.74) is -0.0107. The summed E-state index contributed by atoms with van der Waals surface area (Å²) >= 11 is 3.10. The summed E-state index contributed by atoms with van der Waals surface area (Å²) in [5, 5.41) is 9.74. The molecule has 0 unspecified atom stereocenters. The van der Waals surface area contributed by atoms with E-state index in [4.69, 9.17) is 0 Å². The first kappa shape index (κ1) is 10.1. The van der Waals surface area contributed by atoms with Crippen molar-refractivity contribution in [2.45, 2.75) is 6.43 Å². The van der Waals surface area contributed by atoms with E-state index < -0.39 is 6.43 Å². The van der Waals surface area contributed by atoms with Crippen molar-refractivity contribution in [3.8, 4) is 5.06 Å². The number of aromatic hydroxyl groups is 1. The van der Waals surface area contributed by atoms with Crippen LogP contribution in [0.2, 0.25) is 0 Å². The van der Waals surface area contributed by atoms with Crippen LogP contribution in [-0.4, -0.2) is 5.11 Å². The fraction of sp³-hybridized carbons (Fsp3) is 0.111. The molecule has 74 valence electrons. The number of fused-ring (bicyclic) bond motifs is 1. The Morgan fingerprint density at radius 2 is 2.00 bits per heavy atom. The monoisotopic (exact) mass is 326 g/mol. The predicted molar refractivity (Wildman–Crippen MR) is 61.2 cm³/mol. The first-order valence-electron chi connectivity index (χ1n) is 3.78. The van der Waals surface area contributed by atoms with E-state index in [1.165, 1.54) is 12.1 Å². The molecule has 0 bridgehead atoms. The van der Waals surface area contributed by atoms with Gasteiger partial charge in [0.15, 0.2) is 5.06 Å². The van der Waals surface area contributed by atoms with Gasteiger partial charge in [-0.05, 0) is 40.8 Å². The van der Waals surface area contributed by atoms with Gasteiger partial charge in [0.05, 0.1) is 0 Å². The number of benzene rings is 1. The Bertz CT molecular complexity index is 481. The number of alkyl halides is 2. The average molecular weight is 326 g/mol. The van der Waals surface area contributed by atoms with Gasteiger partial charge in [0, 0.05) is 19.2 Å². The lowest BCUT2D eigenvalue weighted by Crippen LogP contribution is -1.85. The van der Waals surface area contributed by atoms with Gasteiger partial charge in [-0.15, -0.1) is 0 Å². The molecule has 0 amide bonds. The topological polar surface area (TPSA) is 20.2 Å². The molecule has 0 saturated carbocycles. The molecular formula is C9H5F2IOS. The highest BCUT2D eigenvalue weighted by Gasteiger charge is 2.14. The average Bonchev–Trinajstić information content (AvgIpc) is 2.42. The van der Waals surface area contributed by atoms with E-state index in [2.05, 4.69) is 0 Å². The van der Waals surface area contributed by atoms with Crippen molar-refractivity contribution < 1.29 is 13.9 Å². The Morgan fingerprint density at radius 3 is 2.64 bits per heavy atom. The maximum atomic E-state index is 12.6. The minimum absolute atomic E-state index is 0.0107. The molecule has 0 aliphatic carbocycles. The SMILES string of the molecule is Oc1cc2c(C(F)F)cc(I)cc2s1. The third-order valence-electron chi connectivity index (χ3n) is 1.86. The van der Waals surface area contributed by atoms with Crippen LogP contribution >= 0.6 is 33.9 Å². The van der Waals surface area contributed by atoms with Crippen molar-refractivity contribution in [2.24, 2.45) is 0 Å². The lowest BCUT2D eigenvalue weighted by Gasteiger charge is -2.02. The van der Waals surface area contributed by atoms with Gasteiger partial charge < -0.3 is 5.11 Å².